The predicted molar refractivity (Wildman–Crippen MR) is 99.1 cm³/mol. The molecule has 0 unspecified atom stereocenters. The van der Waals surface area contributed by atoms with Crippen molar-refractivity contribution in [2.75, 3.05) is 14.2 Å². The third kappa shape index (κ3) is 2.17. The third-order valence-corrected chi connectivity index (χ3v) is 5.32. The molecule has 6 nitrogen and oxygen atoms in total. The Morgan fingerprint density at radius 3 is 2.11 bits per heavy atom. The topological polar surface area (TPSA) is 78.9 Å². The molecule has 2 aliphatic carbocycles. The van der Waals surface area contributed by atoms with Crippen LogP contribution in [0.1, 0.15) is 24.0 Å². The molecule has 0 spiro atoms. The van der Waals surface area contributed by atoms with Crippen LogP contribution < -0.4 is 0 Å². The lowest BCUT2D eigenvalue weighted by Crippen LogP contribution is -2.55. The average Bonchev–Trinajstić information content (AvgIpc) is 2.69. The highest BCUT2D eigenvalue weighted by Gasteiger charge is 2.66. The van der Waals surface area contributed by atoms with E-state index in [2.05, 4.69) is 0 Å². The van der Waals surface area contributed by atoms with Crippen LogP contribution in [0.25, 0.3) is 11.1 Å². The van der Waals surface area contributed by atoms with Gasteiger partial charge in [-0.25, -0.2) is 9.59 Å². The first-order valence-electron chi connectivity index (χ1n) is 8.77. The Kier molecular flexibility index (Phi) is 4.07. The normalized spacial score (nSPS) is 21.5. The lowest BCUT2D eigenvalue weighted by molar-refractivity contribution is -0.165. The molecule has 0 aromatic heterocycles. The first-order valence-corrected chi connectivity index (χ1v) is 8.77. The number of fused-ring (bicyclic) bond motifs is 6. The molecular formula is C22H18O6. The zero-order valence-corrected chi connectivity index (χ0v) is 15.6. The second kappa shape index (κ2) is 6.34. The van der Waals surface area contributed by atoms with Gasteiger partial charge in [-0.2, -0.15) is 0 Å². The van der Waals surface area contributed by atoms with Gasteiger partial charge in [0.25, 0.3) is 0 Å². The molecule has 0 fully saturated rings. The quantitative estimate of drug-likeness (QED) is 0.604. The molecule has 0 N–H and O–H groups in total. The number of carbonyl (C=O) groups excluding carboxylic acids is 3. The summed E-state index contributed by atoms with van der Waals surface area (Å²) in [6.07, 6.45) is 0. The lowest BCUT2D eigenvalue weighted by Gasteiger charge is -2.52. The van der Waals surface area contributed by atoms with Crippen LogP contribution in [-0.4, -0.2) is 32.1 Å². The van der Waals surface area contributed by atoms with Gasteiger partial charge in [-0.15, -0.1) is 0 Å². The van der Waals surface area contributed by atoms with E-state index in [1.165, 1.54) is 21.1 Å². The standard InChI is InChI=1S/C22H18O6/c1-12(23)28-22-16-11-7-6-9-14(16)13-8-4-5-10-15(13)18(22)17(20(24)26-2)19(22)21(25)27-3/h4-11,18H,1-3H3/t18-,22-/m1/s1. The fourth-order valence-corrected chi connectivity index (χ4v) is 4.40. The minimum Gasteiger partial charge on any atom is -0.466 e. The first kappa shape index (κ1) is 18.0. The molecule has 142 valence electrons. The summed E-state index contributed by atoms with van der Waals surface area (Å²) in [5.74, 6) is -2.61. The molecule has 2 aromatic carbocycles. The summed E-state index contributed by atoms with van der Waals surface area (Å²) in [5, 5.41) is 0. The van der Waals surface area contributed by atoms with Crippen molar-refractivity contribution in [2.24, 2.45) is 0 Å². The molecule has 0 aliphatic heterocycles. The van der Waals surface area contributed by atoms with E-state index in [-0.39, 0.29) is 11.1 Å². The molecule has 0 saturated heterocycles. The van der Waals surface area contributed by atoms with Crippen molar-refractivity contribution in [1.82, 2.24) is 0 Å². The third-order valence-electron chi connectivity index (χ3n) is 5.32. The molecule has 6 heteroatoms. The van der Waals surface area contributed by atoms with E-state index < -0.39 is 29.4 Å². The zero-order chi connectivity index (χ0) is 20.1. The van der Waals surface area contributed by atoms with Crippen molar-refractivity contribution < 1.29 is 28.6 Å². The maximum atomic E-state index is 12.7. The molecule has 0 saturated carbocycles. The van der Waals surface area contributed by atoms with E-state index in [1.807, 2.05) is 36.4 Å². The minimum absolute atomic E-state index is 0.00371. The number of ether oxygens (including phenoxy) is 3. The largest absolute Gasteiger partial charge is 0.466 e. The van der Waals surface area contributed by atoms with E-state index in [4.69, 9.17) is 14.2 Å². The summed E-state index contributed by atoms with van der Waals surface area (Å²) in [7, 11) is 2.47. The van der Waals surface area contributed by atoms with E-state index >= 15 is 0 Å². The van der Waals surface area contributed by atoms with Crippen LogP contribution in [0.4, 0.5) is 0 Å². The molecule has 2 aromatic rings. The van der Waals surface area contributed by atoms with Gasteiger partial charge in [0.1, 0.15) is 0 Å². The molecule has 0 amide bonds. The first-order chi connectivity index (χ1) is 13.5. The van der Waals surface area contributed by atoms with Crippen LogP contribution in [0.5, 0.6) is 0 Å². The van der Waals surface area contributed by atoms with Crippen LogP contribution >= 0.6 is 0 Å². The highest BCUT2D eigenvalue weighted by Crippen LogP contribution is 2.65. The number of carbonyl (C=O) groups is 3. The number of esters is 3. The Morgan fingerprint density at radius 1 is 0.857 bits per heavy atom. The molecule has 2 atom stereocenters. The van der Waals surface area contributed by atoms with Crippen molar-refractivity contribution in [2.45, 2.75) is 18.4 Å². The number of hydrogen-bond acceptors (Lipinski definition) is 6. The van der Waals surface area contributed by atoms with E-state index in [0.717, 1.165) is 16.7 Å². The lowest BCUT2D eigenvalue weighted by atomic mass is 9.54. The zero-order valence-electron chi connectivity index (χ0n) is 15.6. The highest BCUT2D eigenvalue weighted by atomic mass is 16.6. The number of methoxy groups -OCH3 is 2. The number of rotatable bonds is 3. The van der Waals surface area contributed by atoms with Crippen molar-refractivity contribution in [3.63, 3.8) is 0 Å². The van der Waals surface area contributed by atoms with Crippen molar-refractivity contribution in [1.29, 1.82) is 0 Å². The maximum Gasteiger partial charge on any atom is 0.338 e. The van der Waals surface area contributed by atoms with Crippen molar-refractivity contribution in [3.8, 4) is 11.1 Å². The Morgan fingerprint density at radius 2 is 1.46 bits per heavy atom. The van der Waals surface area contributed by atoms with E-state index in [9.17, 15) is 14.4 Å². The summed E-state index contributed by atoms with van der Waals surface area (Å²) >= 11 is 0. The molecule has 4 rings (SSSR count). The summed E-state index contributed by atoms with van der Waals surface area (Å²) in [4.78, 5) is 37.4. The second-order valence-corrected chi connectivity index (χ2v) is 6.67. The molecule has 0 bridgehead atoms. The molecule has 28 heavy (non-hydrogen) atoms. The second-order valence-electron chi connectivity index (χ2n) is 6.67. The van der Waals surface area contributed by atoms with Gasteiger partial charge >= 0.3 is 17.9 Å². The van der Waals surface area contributed by atoms with Gasteiger partial charge in [-0.3, -0.25) is 4.79 Å². The van der Waals surface area contributed by atoms with Gasteiger partial charge < -0.3 is 14.2 Å². The van der Waals surface area contributed by atoms with E-state index in [1.54, 1.807) is 12.1 Å². The van der Waals surface area contributed by atoms with Crippen LogP contribution in [0.3, 0.4) is 0 Å². The molecular weight excluding hydrogens is 360 g/mol. The smallest absolute Gasteiger partial charge is 0.338 e. The summed E-state index contributed by atoms with van der Waals surface area (Å²) in [5.41, 5.74) is 1.89. The molecule has 0 radical (unpaired) electrons. The minimum atomic E-state index is -1.44. The van der Waals surface area contributed by atoms with Crippen LogP contribution in [0, 0.1) is 0 Å². The molecule has 0 heterocycles. The summed E-state index contributed by atoms with van der Waals surface area (Å²) in [6.45, 7) is 1.28. The van der Waals surface area contributed by atoms with Crippen molar-refractivity contribution in [3.05, 3.63) is 70.8 Å². The van der Waals surface area contributed by atoms with Crippen LogP contribution in [0.2, 0.25) is 0 Å². The SMILES string of the molecule is COC(=O)C1=C(C(=O)OC)[C@@]2(OC(C)=O)c3ccccc3-c3ccccc3[C@H]12. The fourth-order valence-electron chi connectivity index (χ4n) is 4.40. The summed E-state index contributed by atoms with van der Waals surface area (Å²) < 4.78 is 15.7. The number of benzene rings is 2. The highest BCUT2D eigenvalue weighted by molar-refractivity contribution is 6.09. The Labute approximate surface area is 161 Å². The summed E-state index contributed by atoms with van der Waals surface area (Å²) in [6, 6.07) is 14.9. The van der Waals surface area contributed by atoms with Gasteiger partial charge in [-0.1, -0.05) is 48.5 Å². The van der Waals surface area contributed by atoms with Crippen molar-refractivity contribution >= 4 is 17.9 Å². The van der Waals surface area contributed by atoms with E-state index in [0.29, 0.717) is 5.56 Å². The fraction of sp³-hybridized carbons (Fsp3) is 0.227. The Hall–Kier alpha value is -3.41. The van der Waals surface area contributed by atoms with Crippen LogP contribution in [-0.2, 0) is 34.2 Å². The van der Waals surface area contributed by atoms with Gasteiger partial charge in [-0.05, 0) is 16.7 Å². The average molecular weight is 378 g/mol. The van der Waals surface area contributed by atoms with Gasteiger partial charge in [0.15, 0.2) is 5.60 Å². The Bertz CT molecular complexity index is 1050. The monoisotopic (exact) mass is 378 g/mol. The Balaban J connectivity index is 2.13. The predicted octanol–water partition coefficient (Wildman–Crippen LogP) is 2.87. The number of hydrogen-bond donors (Lipinski definition) is 0. The van der Waals surface area contributed by atoms with Gasteiger partial charge in [0.05, 0.1) is 31.3 Å². The van der Waals surface area contributed by atoms with Gasteiger partial charge in [0, 0.05) is 12.5 Å². The maximum absolute atomic E-state index is 12.7. The van der Waals surface area contributed by atoms with Gasteiger partial charge in [0.2, 0.25) is 0 Å². The molecule has 2 aliphatic rings. The van der Waals surface area contributed by atoms with Crippen LogP contribution in [0.15, 0.2) is 59.7 Å².